The van der Waals surface area contributed by atoms with Crippen molar-refractivity contribution in [3.05, 3.63) is 104 Å². The highest BCUT2D eigenvalue weighted by Crippen LogP contribution is 2.47. The zero-order valence-electron chi connectivity index (χ0n) is 21.4. The van der Waals surface area contributed by atoms with Gasteiger partial charge in [0, 0.05) is 37.5 Å². The highest BCUT2D eigenvalue weighted by atomic mass is 79.9. The van der Waals surface area contributed by atoms with Crippen molar-refractivity contribution >= 4 is 39.0 Å². The smallest absolute Gasteiger partial charge is 0.362 e. The van der Waals surface area contributed by atoms with Gasteiger partial charge in [0.15, 0.2) is 11.7 Å². The maximum Gasteiger partial charge on any atom is 0.410 e. The van der Waals surface area contributed by atoms with E-state index in [-0.39, 0.29) is 34.4 Å². The summed E-state index contributed by atoms with van der Waals surface area (Å²) in [4.78, 5) is 18.4. The van der Waals surface area contributed by atoms with Crippen LogP contribution in [-0.4, -0.2) is 57.8 Å². The molecule has 0 aliphatic carbocycles. The van der Waals surface area contributed by atoms with Crippen molar-refractivity contribution in [3.63, 3.8) is 0 Å². The molecule has 208 valence electrons. The van der Waals surface area contributed by atoms with Gasteiger partial charge in [0.05, 0.1) is 16.6 Å². The first-order valence-electron chi connectivity index (χ1n) is 13.1. The Balaban J connectivity index is 1.23. The van der Waals surface area contributed by atoms with E-state index in [1.807, 2.05) is 53.9 Å². The molecule has 0 spiro atoms. The Morgan fingerprint density at radius 3 is 2.12 bits per heavy atom. The van der Waals surface area contributed by atoms with E-state index in [1.165, 1.54) is 22.5 Å². The lowest BCUT2D eigenvalue weighted by atomic mass is 9.96. The largest absolute Gasteiger partial charge is 0.410 e. The van der Waals surface area contributed by atoms with Gasteiger partial charge in [-0.15, -0.1) is 11.3 Å². The van der Waals surface area contributed by atoms with Gasteiger partial charge in [0.25, 0.3) is 5.91 Å². The van der Waals surface area contributed by atoms with Crippen molar-refractivity contribution in [2.45, 2.75) is 30.7 Å². The summed E-state index contributed by atoms with van der Waals surface area (Å²) in [6, 6.07) is 21.8. The van der Waals surface area contributed by atoms with E-state index in [4.69, 9.17) is 0 Å². The number of rotatable bonds is 5. The second-order valence-electron chi connectivity index (χ2n) is 10.0. The third kappa shape index (κ3) is 5.17. The quantitative estimate of drug-likeness (QED) is 0.260. The number of carbonyl (C=O) groups is 1. The molecule has 1 N–H and O–H groups in total. The van der Waals surface area contributed by atoms with Gasteiger partial charge >= 0.3 is 6.18 Å². The molecule has 40 heavy (non-hydrogen) atoms. The van der Waals surface area contributed by atoms with E-state index in [9.17, 15) is 18.0 Å². The maximum atomic E-state index is 14.1. The van der Waals surface area contributed by atoms with Crippen LogP contribution in [0.2, 0.25) is 0 Å². The molecule has 2 atom stereocenters. The number of hydrogen-bond acceptors (Lipinski definition) is 5. The van der Waals surface area contributed by atoms with Crippen LogP contribution in [0.4, 0.5) is 19.0 Å². The molecule has 4 heterocycles. The number of halogens is 4. The Labute approximate surface area is 242 Å². The molecule has 11 heteroatoms. The zero-order valence-corrected chi connectivity index (χ0v) is 23.8. The Bertz CT molecular complexity index is 1410. The number of amides is 1. The SMILES string of the molecule is O=C(c1nn2c(c1Br)N[C@@H](c1cccs1)C[C@@H]2C(F)(F)F)N1CCN(C(c2ccccc2)c2ccccc2)CC1. The van der Waals surface area contributed by atoms with Crippen molar-refractivity contribution in [1.82, 2.24) is 19.6 Å². The van der Waals surface area contributed by atoms with Crippen LogP contribution in [0, 0.1) is 0 Å². The fraction of sp³-hybridized carbons (Fsp3) is 0.310. The molecule has 2 aromatic carbocycles. The maximum absolute atomic E-state index is 14.1. The Morgan fingerprint density at radius 1 is 0.950 bits per heavy atom. The Hall–Kier alpha value is -3.15. The van der Waals surface area contributed by atoms with Gasteiger partial charge in [-0.1, -0.05) is 66.7 Å². The third-order valence-electron chi connectivity index (χ3n) is 7.58. The predicted molar refractivity (Wildman–Crippen MR) is 153 cm³/mol. The standard InChI is InChI=1S/C29H27BrF3N5OS/c30-24-25(35-38-23(29(31,32)33)18-21(34-27(24)38)22-12-7-17-40-22)28(39)37-15-13-36(14-16-37)26(19-8-3-1-4-9-19)20-10-5-2-6-11-20/h1-12,17,21,23,26,34H,13-16,18H2/t21-,23-/m1/s1. The van der Waals surface area contributed by atoms with Crippen molar-refractivity contribution < 1.29 is 18.0 Å². The Kier molecular flexibility index (Phi) is 7.45. The summed E-state index contributed by atoms with van der Waals surface area (Å²) in [6.07, 6.45) is -4.70. The number of aromatic nitrogens is 2. The molecule has 2 aliphatic rings. The molecule has 0 radical (unpaired) electrons. The first-order chi connectivity index (χ1) is 19.3. The van der Waals surface area contributed by atoms with Gasteiger partial charge in [-0.3, -0.25) is 9.69 Å². The van der Waals surface area contributed by atoms with Gasteiger partial charge in [-0.2, -0.15) is 18.3 Å². The molecule has 0 unspecified atom stereocenters. The van der Waals surface area contributed by atoms with Crippen molar-refractivity contribution in [2.24, 2.45) is 0 Å². The molecule has 0 saturated carbocycles. The summed E-state index contributed by atoms with van der Waals surface area (Å²) >= 11 is 4.82. The second kappa shape index (κ2) is 11.0. The summed E-state index contributed by atoms with van der Waals surface area (Å²) in [5, 5.41) is 9.26. The van der Waals surface area contributed by atoms with E-state index >= 15 is 0 Å². The number of thiophene rings is 1. The molecule has 1 saturated heterocycles. The number of carbonyl (C=O) groups excluding carboxylic acids is 1. The highest BCUT2D eigenvalue weighted by Gasteiger charge is 2.48. The van der Waals surface area contributed by atoms with Gasteiger partial charge in [0.1, 0.15) is 5.82 Å². The fourth-order valence-electron chi connectivity index (χ4n) is 5.62. The number of hydrogen-bond donors (Lipinski definition) is 1. The average Bonchev–Trinajstić information content (AvgIpc) is 3.62. The zero-order chi connectivity index (χ0) is 27.9. The summed E-state index contributed by atoms with van der Waals surface area (Å²) in [5.74, 6) is -0.193. The average molecular weight is 631 g/mol. The minimum absolute atomic E-state index is 0.000279. The van der Waals surface area contributed by atoms with Gasteiger partial charge < -0.3 is 10.2 Å². The van der Waals surface area contributed by atoms with Crippen LogP contribution < -0.4 is 5.32 Å². The predicted octanol–water partition coefficient (Wildman–Crippen LogP) is 6.91. The molecular weight excluding hydrogens is 603 g/mol. The number of benzene rings is 2. The minimum Gasteiger partial charge on any atom is -0.362 e. The molecule has 4 aromatic rings. The summed E-state index contributed by atoms with van der Waals surface area (Å²) in [7, 11) is 0. The lowest BCUT2D eigenvalue weighted by Crippen LogP contribution is -2.50. The molecule has 2 aliphatic heterocycles. The third-order valence-corrected chi connectivity index (χ3v) is 9.32. The summed E-state index contributed by atoms with van der Waals surface area (Å²) in [6.45, 7) is 2.12. The minimum atomic E-state index is -4.51. The molecule has 1 fully saturated rings. The number of nitrogens with zero attached hydrogens (tertiary/aromatic N) is 4. The first-order valence-corrected chi connectivity index (χ1v) is 14.8. The molecule has 0 bridgehead atoms. The Morgan fingerprint density at radius 2 is 1.57 bits per heavy atom. The highest BCUT2D eigenvalue weighted by molar-refractivity contribution is 9.10. The van der Waals surface area contributed by atoms with Crippen LogP contribution in [0.25, 0.3) is 0 Å². The normalized spacial score (nSPS) is 19.9. The molecule has 2 aromatic heterocycles. The molecule has 6 rings (SSSR count). The van der Waals surface area contributed by atoms with Crippen LogP contribution in [0.3, 0.4) is 0 Å². The van der Waals surface area contributed by atoms with Crippen LogP contribution in [-0.2, 0) is 0 Å². The summed E-state index contributed by atoms with van der Waals surface area (Å²) < 4.78 is 43.6. The van der Waals surface area contributed by atoms with Gasteiger partial charge in [-0.25, -0.2) is 4.68 Å². The molecule has 6 nitrogen and oxygen atoms in total. The first kappa shape index (κ1) is 27.0. The van der Waals surface area contributed by atoms with Crippen LogP contribution in [0.15, 0.2) is 82.6 Å². The van der Waals surface area contributed by atoms with Gasteiger partial charge in [-0.05, 0) is 38.5 Å². The fourth-order valence-corrected chi connectivity index (χ4v) is 6.96. The number of piperazine rings is 1. The van der Waals surface area contributed by atoms with Crippen LogP contribution in [0.5, 0.6) is 0 Å². The van der Waals surface area contributed by atoms with Crippen molar-refractivity contribution in [1.29, 1.82) is 0 Å². The second-order valence-corrected chi connectivity index (χ2v) is 11.8. The number of fused-ring (bicyclic) bond motifs is 1. The van der Waals surface area contributed by atoms with Gasteiger partial charge in [0.2, 0.25) is 0 Å². The van der Waals surface area contributed by atoms with E-state index in [0.29, 0.717) is 26.2 Å². The lowest BCUT2D eigenvalue weighted by molar-refractivity contribution is -0.173. The van der Waals surface area contributed by atoms with E-state index in [1.54, 1.807) is 4.90 Å². The summed E-state index contributed by atoms with van der Waals surface area (Å²) in [5.41, 5.74) is 2.34. The lowest BCUT2D eigenvalue weighted by Gasteiger charge is -2.39. The van der Waals surface area contributed by atoms with Crippen LogP contribution in [0.1, 0.15) is 51.0 Å². The number of anilines is 1. The van der Waals surface area contributed by atoms with Crippen LogP contribution >= 0.6 is 27.3 Å². The van der Waals surface area contributed by atoms with Crippen molar-refractivity contribution in [3.8, 4) is 0 Å². The molecule has 1 amide bonds. The topological polar surface area (TPSA) is 53.4 Å². The number of alkyl halides is 3. The van der Waals surface area contributed by atoms with E-state index < -0.39 is 18.3 Å². The van der Waals surface area contributed by atoms with E-state index in [0.717, 1.165) is 9.56 Å². The number of nitrogens with one attached hydrogen (secondary N) is 1. The van der Waals surface area contributed by atoms with E-state index in [2.05, 4.69) is 55.5 Å². The molecular formula is C29H27BrF3N5OS. The van der Waals surface area contributed by atoms with Crippen molar-refractivity contribution in [2.75, 3.05) is 31.5 Å². The monoisotopic (exact) mass is 629 g/mol.